The highest BCUT2D eigenvalue weighted by atomic mass is 32.1. The number of ether oxygens (including phenoxy) is 1. The lowest BCUT2D eigenvalue weighted by Gasteiger charge is -2.29. The number of nitrogens with one attached hydrogen (secondary N) is 3. The third-order valence-corrected chi connectivity index (χ3v) is 10.3. The molecule has 0 bridgehead atoms. The van der Waals surface area contributed by atoms with E-state index in [0.717, 1.165) is 26.2 Å². The maximum Gasteiger partial charge on any atom is 0.277 e. The van der Waals surface area contributed by atoms with Gasteiger partial charge in [0, 0.05) is 29.1 Å². The lowest BCUT2D eigenvalue weighted by molar-refractivity contribution is 0.101. The van der Waals surface area contributed by atoms with E-state index in [4.69, 9.17) is 9.72 Å². The summed E-state index contributed by atoms with van der Waals surface area (Å²) in [5.41, 5.74) is 4.18. The zero-order valence-corrected chi connectivity index (χ0v) is 29.9. The van der Waals surface area contributed by atoms with Crippen LogP contribution in [-0.4, -0.2) is 81.1 Å². The monoisotopic (exact) mass is 736 g/mol. The van der Waals surface area contributed by atoms with Crippen LogP contribution in [0.5, 0.6) is 5.75 Å². The first-order valence-corrected chi connectivity index (χ1v) is 18.1. The molecule has 0 saturated heterocycles. The van der Waals surface area contributed by atoms with Gasteiger partial charge in [0.25, 0.3) is 11.8 Å². The Hall–Kier alpha value is -5.76. The molecule has 0 radical (unpaired) electrons. The first-order chi connectivity index (χ1) is 25.3. The van der Waals surface area contributed by atoms with E-state index in [-0.39, 0.29) is 29.9 Å². The number of fused-ring (bicyclic) bond motifs is 2. The Morgan fingerprint density at radius 3 is 2.75 bits per heavy atom. The molecule has 264 valence electrons. The highest BCUT2D eigenvalue weighted by Crippen LogP contribution is 2.34. The lowest BCUT2D eigenvalue weighted by Crippen LogP contribution is -2.32. The summed E-state index contributed by atoms with van der Waals surface area (Å²) in [7, 11) is 3.83. The highest BCUT2D eigenvalue weighted by molar-refractivity contribution is 7.22. The summed E-state index contributed by atoms with van der Waals surface area (Å²) in [4.78, 5) is 41.0. The number of aromatic nitrogens is 6. The summed E-state index contributed by atoms with van der Waals surface area (Å²) in [6.07, 6.45) is 1.64. The maximum atomic E-state index is 14.8. The number of amides is 2. The lowest BCUT2D eigenvalue weighted by atomic mass is 9.94. The second-order valence-electron chi connectivity index (χ2n) is 12.2. The third kappa shape index (κ3) is 8.07. The van der Waals surface area contributed by atoms with Crippen LogP contribution in [0.1, 0.15) is 48.8 Å². The fraction of sp³-hybridized carbons (Fsp3) is 0.250. The largest absolute Gasteiger partial charge is 0.491 e. The molecule has 0 aliphatic carbocycles. The van der Waals surface area contributed by atoms with E-state index in [9.17, 15) is 14.0 Å². The van der Waals surface area contributed by atoms with Crippen molar-refractivity contribution in [1.29, 1.82) is 0 Å². The zero-order valence-electron chi connectivity index (χ0n) is 28.3. The number of aryl methyl sites for hydroxylation is 1. The minimum Gasteiger partial charge on any atom is -0.491 e. The molecule has 6 aromatic rings. The number of halogens is 1. The molecular formula is C36H33FN10O3S2. The number of nitrogens with zero attached hydrogens (tertiary/aromatic N) is 7. The van der Waals surface area contributed by atoms with Gasteiger partial charge in [-0.2, -0.15) is 0 Å². The van der Waals surface area contributed by atoms with E-state index in [1.165, 1.54) is 28.7 Å². The van der Waals surface area contributed by atoms with Gasteiger partial charge in [-0.3, -0.25) is 25.1 Å². The van der Waals surface area contributed by atoms with E-state index < -0.39 is 11.7 Å². The summed E-state index contributed by atoms with van der Waals surface area (Å²) < 4.78 is 21.5. The SMILES string of the molecule is CN(C)CC#Cc1ccc(OCCCc2sc(N3CCc4cccc(C(=O)Nc5nc6ccccc6s5)c4C3)nc2C(=O)Nc2nnn[nH]2)c(F)c1. The normalized spacial score (nSPS) is 12.3. The minimum atomic E-state index is -0.490. The van der Waals surface area contributed by atoms with Crippen LogP contribution < -0.4 is 20.3 Å². The molecule has 2 amide bonds. The number of aromatic amines is 1. The van der Waals surface area contributed by atoms with Crippen LogP contribution in [-0.2, 0) is 19.4 Å². The molecule has 3 aromatic heterocycles. The Morgan fingerprint density at radius 1 is 1.06 bits per heavy atom. The van der Waals surface area contributed by atoms with Crippen LogP contribution >= 0.6 is 22.7 Å². The molecule has 0 fully saturated rings. The van der Waals surface area contributed by atoms with Crippen molar-refractivity contribution in [3.05, 3.63) is 99.3 Å². The van der Waals surface area contributed by atoms with Gasteiger partial charge in [-0.05, 0) is 91.3 Å². The standard InChI is InChI=1S/C36H33FN10O3S2/c1-46(2)17-6-8-22-14-15-28(26(37)20-22)50-19-7-13-30-31(33(49)40-34-42-44-45-43-34)39-36(52-30)47-18-16-23-9-5-10-24(25(23)21-47)32(48)41-35-38-27-11-3-4-12-29(27)51-35/h3-5,9-12,14-15,20H,7,13,16-19,21H2,1-2H3,(H,38,41,48)(H2,40,42,43,44,45,49). The quantitative estimate of drug-likeness (QED) is 0.116. The zero-order chi connectivity index (χ0) is 36.0. The average molecular weight is 737 g/mol. The van der Waals surface area contributed by atoms with Crippen molar-refractivity contribution in [1.82, 2.24) is 35.5 Å². The van der Waals surface area contributed by atoms with Gasteiger partial charge in [-0.15, -0.1) is 11.3 Å². The molecule has 4 heterocycles. The van der Waals surface area contributed by atoms with Gasteiger partial charge < -0.3 is 9.64 Å². The highest BCUT2D eigenvalue weighted by Gasteiger charge is 2.27. The van der Waals surface area contributed by atoms with Gasteiger partial charge in [0.2, 0.25) is 5.95 Å². The minimum absolute atomic E-state index is 0.0924. The van der Waals surface area contributed by atoms with Gasteiger partial charge in [0.15, 0.2) is 21.8 Å². The second-order valence-corrected chi connectivity index (χ2v) is 14.3. The predicted octanol–water partition coefficient (Wildman–Crippen LogP) is 5.40. The molecule has 0 spiro atoms. The van der Waals surface area contributed by atoms with E-state index in [2.05, 4.69) is 53.0 Å². The number of tetrazole rings is 1. The van der Waals surface area contributed by atoms with E-state index in [1.807, 2.05) is 61.5 Å². The van der Waals surface area contributed by atoms with Crippen molar-refractivity contribution in [2.45, 2.75) is 25.8 Å². The van der Waals surface area contributed by atoms with Crippen molar-refractivity contribution in [2.75, 3.05) is 49.3 Å². The molecule has 7 rings (SSSR count). The molecule has 16 heteroatoms. The Balaban J connectivity index is 1.06. The van der Waals surface area contributed by atoms with Gasteiger partial charge in [0.05, 0.1) is 23.4 Å². The predicted molar refractivity (Wildman–Crippen MR) is 199 cm³/mol. The molecule has 52 heavy (non-hydrogen) atoms. The van der Waals surface area contributed by atoms with Crippen LogP contribution in [0.4, 0.5) is 20.6 Å². The van der Waals surface area contributed by atoms with E-state index in [0.29, 0.717) is 60.3 Å². The number of H-pyrrole nitrogens is 1. The third-order valence-electron chi connectivity index (χ3n) is 8.15. The smallest absolute Gasteiger partial charge is 0.277 e. The Labute approximate surface area is 306 Å². The molecule has 3 aromatic carbocycles. The average Bonchev–Trinajstić information content (AvgIpc) is 3.90. The van der Waals surface area contributed by atoms with Gasteiger partial charge >= 0.3 is 0 Å². The van der Waals surface area contributed by atoms with Crippen molar-refractivity contribution in [3.63, 3.8) is 0 Å². The molecule has 1 aliphatic heterocycles. The van der Waals surface area contributed by atoms with Crippen LogP contribution in [0.2, 0.25) is 0 Å². The summed E-state index contributed by atoms with van der Waals surface area (Å²) in [5, 5.41) is 20.1. The van der Waals surface area contributed by atoms with E-state index >= 15 is 0 Å². The van der Waals surface area contributed by atoms with Crippen molar-refractivity contribution < 1.29 is 18.7 Å². The van der Waals surface area contributed by atoms with Gasteiger partial charge in [-0.25, -0.2) is 19.5 Å². The van der Waals surface area contributed by atoms with Crippen LogP contribution in [0.15, 0.2) is 60.7 Å². The number of rotatable bonds is 11. The fourth-order valence-corrected chi connectivity index (χ4v) is 7.64. The number of carbonyl (C=O) groups is 2. The molecule has 13 nitrogen and oxygen atoms in total. The summed E-state index contributed by atoms with van der Waals surface area (Å²) in [5.74, 6) is 4.98. The van der Waals surface area contributed by atoms with Crippen LogP contribution in [0, 0.1) is 17.7 Å². The molecule has 0 unspecified atom stereocenters. The number of anilines is 3. The molecule has 3 N–H and O–H groups in total. The van der Waals surface area contributed by atoms with E-state index in [1.54, 1.807) is 12.1 Å². The second kappa shape index (κ2) is 15.6. The molecule has 0 saturated carbocycles. The van der Waals surface area contributed by atoms with Gasteiger partial charge in [-0.1, -0.05) is 52.5 Å². The number of para-hydroxylation sites is 1. The molecule has 0 atom stereocenters. The van der Waals surface area contributed by atoms with Gasteiger partial charge in [0.1, 0.15) is 5.69 Å². The number of thiazole rings is 2. The first kappa shape index (κ1) is 34.7. The topological polar surface area (TPSA) is 154 Å². The van der Waals surface area contributed by atoms with Crippen LogP contribution in [0.25, 0.3) is 10.2 Å². The van der Waals surface area contributed by atoms with Crippen LogP contribution in [0.3, 0.4) is 0 Å². The van der Waals surface area contributed by atoms with Crippen molar-refractivity contribution in [3.8, 4) is 17.6 Å². The summed E-state index contributed by atoms with van der Waals surface area (Å²) >= 11 is 2.82. The summed E-state index contributed by atoms with van der Waals surface area (Å²) in [6, 6.07) is 18.2. The van der Waals surface area contributed by atoms with Crippen molar-refractivity contribution >= 4 is 60.9 Å². The Kier molecular flexibility index (Phi) is 10.4. The Morgan fingerprint density at radius 2 is 1.94 bits per heavy atom. The fourth-order valence-electron chi connectivity index (χ4n) is 5.66. The number of hydrogen-bond donors (Lipinski definition) is 3. The maximum absolute atomic E-state index is 14.8. The summed E-state index contributed by atoms with van der Waals surface area (Å²) in [6.45, 7) is 1.86. The van der Waals surface area contributed by atoms with Crippen molar-refractivity contribution in [2.24, 2.45) is 0 Å². The molecular weight excluding hydrogens is 704 g/mol. The first-order valence-electron chi connectivity index (χ1n) is 16.4. The number of benzene rings is 3. The number of hydrogen-bond acceptors (Lipinski definition) is 12. The molecule has 1 aliphatic rings. The Bertz CT molecular complexity index is 2260. The number of carbonyl (C=O) groups excluding carboxylic acids is 2.